The van der Waals surface area contributed by atoms with Gasteiger partial charge in [-0.15, -0.1) is 0 Å². The summed E-state index contributed by atoms with van der Waals surface area (Å²) in [5.41, 5.74) is 3.70. The van der Waals surface area contributed by atoms with Crippen LogP contribution < -0.4 is 10.1 Å². The van der Waals surface area contributed by atoms with Gasteiger partial charge >= 0.3 is 0 Å². The van der Waals surface area contributed by atoms with E-state index in [9.17, 15) is 4.79 Å². The molecule has 2 aromatic carbocycles. The molecule has 0 spiro atoms. The first-order chi connectivity index (χ1) is 12.7. The second kappa shape index (κ2) is 7.20. The molecule has 1 aliphatic heterocycles. The molecule has 1 N–H and O–H groups in total. The number of benzene rings is 2. The van der Waals surface area contributed by atoms with Crippen LogP contribution in [-0.4, -0.2) is 22.6 Å². The Morgan fingerprint density at radius 2 is 2.12 bits per heavy atom. The molecule has 0 unspecified atom stereocenters. The third-order valence-corrected chi connectivity index (χ3v) is 4.96. The van der Waals surface area contributed by atoms with E-state index in [2.05, 4.69) is 9.88 Å². The minimum Gasteiger partial charge on any atom is -0.497 e. The van der Waals surface area contributed by atoms with Gasteiger partial charge in [0.15, 0.2) is 0 Å². The van der Waals surface area contributed by atoms with E-state index in [-0.39, 0.29) is 5.91 Å². The first kappa shape index (κ1) is 16.6. The van der Waals surface area contributed by atoms with E-state index in [4.69, 9.17) is 9.72 Å². The molecular formula is C21H23N3O2. The van der Waals surface area contributed by atoms with Crippen molar-refractivity contribution in [1.29, 1.82) is 0 Å². The standard InChI is InChI=1S/C21H23N3O2/c1-26-17-7-5-6-15(12-17)14-22-21(25)16-9-10-19-18(13-16)23-20-8-3-2-4-11-24(19)20/h5-7,9-10,12-13H,2-4,8,11,14H2,1H3,(H,22,25). The molecule has 3 aromatic rings. The molecule has 2 heterocycles. The smallest absolute Gasteiger partial charge is 0.251 e. The van der Waals surface area contributed by atoms with Crippen LogP contribution in [0.1, 0.15) is 41.0 Å². The number of ether oxygens (including phenoxy) is 1. The molecular weight excluding hydrogens is 326 g/mol. The van der Waals surface area contributed by atoms with Gasteiger partial charge in [0.1, 0.15) is 11.6 Å². The Morgan fingerprint density at radius 1 is 1.19 bits per heavy atom. The Labute approximate surface area is 153 Å². The van der Waals surface area contributed by atoms with Crippen molar-refractivity contribution >= 4 is 16.9 Å². The summed E-state index contributed by atoms with van der Waals surface area (Å²) in [4.78, 5) is 17.3. The molecule has 5 nitrogen and oxygen atoms in total. The molecule has 1 aromatic heterocycles. The van der Waals surface area contributed by atoms with E-state index in [0.29, 0.717) is 12.1 Å². The van der Waals surface area contributed by atoms with Crippen molar-refractivity contribution in [2.45, 2.75) is 38.8 Å². The number of aromatic nitrogens is 2. The molecule has 4 rings (SSSR count). The van der Waals surface area contributed by atoms with Gasteiger partial charge in [-0.05, 0) is 48.7 Å². The zero-order chi connectivity index (χ0) is 17.9. The monoisotopic (exact) mass is 349 g/mol. The van der Waals surface area contributed by atoms with Crippen molar-refractivity contribution in [2.75, 3.05) is 7.11 Å². The molecule has 1 aliphatic rings. The van der Waals surface area contributed by atoms with E-state index in [0.717, 1.165) is 41.1 Å². The molecule has 26 heavy (non-hydrogen) atoms. The van der Waals surface area contributed by atoms with Crippen LogP contribution in [0.25, 0.3) is 11.0 Å². The number of hydrogen-bond acceptors (Lipinski definition) is 3. The molecule has 0 aliphatic carbocycles. The lowest BCUT2D eigenvalue weighted by molar-refractivity contribution is 0.0951. The van der Waals surface area contributed by atoms with E-state index >= 15 is 0 Å². The quantitative estimate of drug-likeness (QED) is 0.781. The van der Waals surface area contributed by atoms with Gasteiger partial charge in [-0.25, -0.2) is 4.98 Å². The molecule has 5 heteroatoms. The Bertz CT molecular complexity index is 946. The number of imidazole rings is 1. The van der Waals surface area contributed by atoms with Crippen LogP contribution in [0.2, 0.25) is 0 Å². The minimum absolute atomic E-state index is 0.0853. The van der Waals surface area contributed by atoms with Gasteiger partial charge < -0.3 is 14.6 Å². The fraction of sp³-hybridized carbons (Fsp3) is 0.333. The number of methoxy groups -OCH3 is 1. The van der Waals surface area contributed by atoms with Crippen LogP contribution in [0.4, 0.5) is 0 Å². The van der Waals surface area contributed by atoms with Crippen LogP contribution >= 0.6 is 0 Å². The maximum absolute atomic E-state index is 12.5. The number of hydrogen-bond donors (Lipinski definition) is 1. The van der Waals surface area contributed by atoms with E-state index in [1.165, 1.54) is 19.3 Å². The first-order valence-corrected chi connectivity index (χ1v) is 9.15. The van der Waals surface area contributed by atoms with Crippen molar-refractivity contribution in [3.8, 4) is 5.75 Å². The zero-order valence-electron chi connectivity index (χ0n) is 15.0. The second-order valence-corrected chi connectivity index (χ2v) is 6.73. The summed E-state index contributed by atoms with van der Waals surface area (Å²) in [6.07, 6.45) is 4.67. The Morgan fingerprint density at radius 3 is 3.00 bits per heavy atom. The minimum atomic E-state index is -0.0853. The highest BCUT2D eigenvalue weighted by Gasteiger charge is 2.15. The lowest BCUT2D eigenvalue weighted by Gasteiger charge is -2.08. The van der Waals surface area contributed by atoms with Gasteiger partial charge in [-0.2, -0.15) is 0 Å². The van der Waals surface area contributed by atoms with Crippen molar-refractivity contribution < 1.29 is 9.53 Å². The van der Waals surface area contributed by atoms with Gasteiger partial charge in [0.2, 0.25) is 0 Å². The molecule has 0 saturated carbocycles. The van der Waals surface area contributed by atoms with Gasteiger partial charge in [0.05, 0.1) is 18.1 Å². The van der Waals surface area contributed by atoms with Crippen molar-refractivity contribution in [1.82, 2.24) is 14.9 Å². The number of amides is 1. The Balaban J connectivity index is 1.51. The van der Waals surface area contributed by atoms with Crippen LogP contribution in [0.5, 0.6) is 5.75 Å². The fourth-order valence-electron chi connectivity index (χ4n) is 3.56. The van der Waals surface area contributed by atoms with E-state index < -0.39 is 0 Å². The summed E-state index contributed by atoms with van der Waals surface area (Å²) < 4.78 is 7.53. The maximum Gasteiger partial charge on any atom is 0.251 e. The molecule has 0 bridgehead atoms. The molecule has 0 atom stereocenters. The predicted molar refractivity (Wildman–Crippen MR) is 101 cm³/mol. The van der Waals surface area contributed by atoms with E-state index in [1.807, 2.05) is 42.5 Å². The number of carbonyl (C=O) groups is 1. The largest absolute Gasteiger partial charge is 0.497 e. The van der Waals surface area contributed by atoms with Crippen molar-refractivity contribution in [3.05, 3.63) is 59.4 Å². The average Bonchev–Trinajstić information content (AvgIpc) is 2.86. The average molecular weight is 349 g/mol. The number of nitrogens with one attached hydrogen (secondary N) is 1. The van der Waals surface area contributed by atoms with Crippen LogP contribution in [0.15, 0.2) is 42.5 Å². The molecule has 0 saturated heterocycles. The highest BCUT2D eigenvalue weighted by Crippen LogP contribution is 2.23. The summed E-state index contributed by atoms with van der Waals surface area (Å²) in [7, 11) is 1.64. The molecule has 1 amide bonds. The molecule has 0 radical (unpaired) electrons. The topological polar surface area (TPSA) is 56.1 Å². The van der Waals surface area contributed by atoms with Crippen LogP contribution in [0, 0.1) is 0 Å². The Kier molecular flexibility index (Phi) is 4.61. The lowest BCUT2D eigenvalue weighted by atomic mass is 10.1. The number of carbonyl (C=O) groups excluding carboxylic acids is 1. The maximum atomic E-state index is 12.5. The highest BCUT2D eigenvalue weighted by atomic mass is 16.5. The van der Waals surface area contributed by atoms with Crippen molar-refractivity contribution in [2.24, 2.45) is 0 Å². The highest BCUT2D eigenvalue weighted by molar-refractivity contribution is 5.97. The zero-order valence-corrected chi connectivity index (χ0v) is 15.0. The first-order valence-electron chi connectivity index (χ1n) is 9.15. The normalized spacial score (nSPS) is 13.9. The third kappa shape index (κ3) is 3.29. The number of nitrogens with zero attached hydrogens (tertiary/aromatic N) is 2. The second-order valence-electron chi connectivity index (χ2n) is 6.73. The summed E-state index contributed by atoms with van der Waals surface area (Å²) in [6, 6.07) is 13.5. The molecule has 0 fully saturated rings. The molecule has 134 valence electrons. The summed E-state index contributed by atoms with van der Waals surface area (Å²) in [5, 5.41) is 2.97. The summed E-state index contributed by atoms with van der Waals surface area (Å²) in [6.45, 7) is 1.49. The van der Waals surface area contributed by atoms with Crippen LogP contribution in [0.3, 0.4) is 0 Å². The summed E-state index contributed by atoms with van der Waals surface area (Å²) >= 11 is 0. The van der Waals surface area contributed by atoms with Gasteiger partial charge in [-0.3, -0.25) is 4.79 Å². The Hall–Kier alpha value is -2.82. The van der Waals surface area contributed by atoms with Gasteiger partial charge in [-0.1, -0.05) is 18.6 Å². The van der Waals surface area contributed by atoms with Gasteiger partial charge in [0, 0.05) is 25.1 Å². The third-order valence-electron chi connectivity index (χ3n) is 4.96. The SMILES string of the molecule is COc1cccc(CNC(=O)c2ccc3c(c2)nc2n3CCCCC2)c1. The number of fused-ring (bicyclic) bond motifs is 3. The fourth-order valence-corrected chi connectivity index (χ4v) is 3.56. The number of rotatable bonds is 4. The van der Waals surface area contributed by atoms with Crippen LogP contribution in [-0.2, 0) is 19.5 Å². The number of aryl methyl sites for hydroxylation is 2. The van der Waals surface area contributed by atoms with E-state index in [1.54, 1.807) is 7.11 Å². The lowest BCUT2D eigenvalue weighted by Crippen LogP contribution is -2.22. The summed E-state index contributed by atoms with van der Waals surface area (Å²) in [5.74, 6) is 1.85. The van der Waals surface area contributed by atoms with Crippen molar-refractivity contribution in [3.63, 3.8) is 0 Å². The predicted octanol–water partition coefficient (Wildman–Crippen LogP) is 3.70. The van der Waals surface area contributed by atoms with Gasteiger partial charge in [0.25, 0.3) is 5.91 Å².